The molecular weight excluding hydrogens is 569 g/mol. The minimum Gasteiger partial charge on any atom is -0.460 e. The van der Waals surface area contributed by atoms with E-state index in [1.165, 1.54) is 6.08 Å². The number of hydrogen-bond donors (Lipinski definition) is 1. The average Bonchev–Trinajstić information content (AvgIpc) is 3.53. The number of anilines is 1. The Bertz CT molecular complexity index is 1760. The first-order valence-corrected chi connectivity index (χ1v) is 16.3. The molecule has 1 amide bonds. The lowest BCUT2D eigenvalue weighted by Crippen LogP contribution is -2.61. The van der Waals surface area contributed by atoms with Crippen molar-refractivity contribution in [3.8, 4) is 17.1 Å². The average molecular weight is 612 g/mol. The van der Waals surface area contributed by atoms with Crippen LogP contribution < -0.4 is 9.64 Å². The molecule has 2 aromatic carbocycles. The largest absolute Gasteiger partial charge is 0.460 e. The molecule has 0 aliphatic carbocycles. The van der Waals surface area contributed by atoms with Crippen LogP contribution in [0.25, 0.3) is 32.9 Å². The van der Waals surface area contributed by atoms with Crippen molar-refractivity contribution in [1.82, 2.24) is 30.0 Å². The van der Waals surface area contributed by atoms with Crippen LogP contribution in [-0.4, -0.2) is 87.8 Å². The number of aryl methyl sites for hydroxylation is 2. The molecule has 1 N–H and O–H groups in total. The highest BCUT2D eigenvalue weighted by Crippen LogP contribution is 2.44. The fourth-order valence-corrected chi connectivity index (χ4v) is 7.59. The minimum absolute atomic E-state index is 0.00358. The highest BCUT2D eigenvalue weighted by Gasteiger charge is 2.46. The summed E-state index contributed by atoms with van der Waals surface area (Å²) in [6, 6.07) is 6.32. The number of nitrogens with one attached hydrogen (secondary N) is 1. The molecule has 0 unspecified atom stereocenters. The van der Waals surface area contributed by atoms with E-state index in [0.717, 1.165) is 105 Å². The predicted octanol–water partition coefficient (Wildman–Crippen LogP) is 5.66. The number of nitrogens with zero attached hydrogens (tertiary/aromatic N) is 6. The Morgan fingerprint density at radius 1 is 1.11 bits per heavy atom. The van der Waals surface area contributed by atoms with Crippen LogP contribution in [0.5, 0.6) is 6.01 Å². The molecule has 3 saturated heterocycles. The van der Waals surface area contributed by atoms with Crippen molar-refractivity contribution in [2.75, 3.05) is 50.7 Å². The zero-order valence-electron chi connectivity index (χ0n) is 26.5. The number of amides is 1. The monoisotopic (exact) mass is 611 g/mol. The number of halogens is 1. The smallest absolute Gasteiger partial charge is 0.319 e. The molecular formula is C35H42FN7O2. The van der Waals surface area contributed by atoms with E-state index in [1.807, 2.05) is 24.0 Å². The van der Waals surface area contributed by atoms with Crippen molar-refractivity contribution < 1.29 is 13.9 Å². The van der Waals surface area contributed by atoms with Crippen molar-refractivity contribution in [3.05, 3.63) is 54.0 Å². The van der Waals surface area contributed by atoms with Gasteiger partial charge in [-0.05, 0) is 80.5 Å². The Kier molecular flexibility index (Phi) is 7.71. The summed E-state index contributed by atoms with van der Waals surface area (Å²) in [6.07, 6.45) is 7.47. The Labute approximate surface area is 263 Å². The quantitative estimate of drug-likeness (QED) is 0.270. The van der Waals surface area contributed by atoms with Crippen LogP contribution in [0, 0.1) is 18.2 Å². The molecule has 45 heavy (non-hydrogen) atoms. The Hall–Kier alpha value is -4.05. The highest BCUT2D eigenvalue weighted by molar-refractivity contribution is 6.01. The summed E-state index contributed by atoms with van der Waals surface area (Å²) >= 11 is 0. The Morgan fingerprint density at radius 2 is 1.87 bits per heavy atom. The number of rotatable bonds is 7. The SMILES string of the molecule is C=CC(=O)N1CC2(CCN(c3nc(OC4CCN(CC)CC4)nc4c(F)c(-c5c(C)ccc6[nH]ncc56)c(CC)cc34)CC2)C1. The van der Waals surface area contributed by atoms with Crippen LogP contribution in [0.4, 0.5) is 10.2 Å². The van der Waals surface area contributed by atoms with Crippen LogP contribution in [0.3, 0.4) is 0 Å². The Balaban J connectivity index is 1.30. The lowest BCUT2D eigenvalue weighted by molar-refractivity contribution is -0.139. The van der Waals surface area contributed by atoms with Gasteiger partial charge in [-0.3, -0.25) is 9.89 Å². The van der Waals surface area contributed by atoms with Gasteiger partial charge < -0.3 is 19.4 Å². The molecule has 1 spiro atoms. The van der Waals surface area contributed by atoms with Crippen LogP contribution >= 0.6 is 0 Å². The van der Waals surface area contributed by atoms with Gasteiger partial charge in [-0.1, -0.05) is 26.5 Å². The van der Waals surface area contributed by atoms with E-state index in [2.05, 4.69) is 46.5 Å². The van der Waals surface area contributed by atoms with Crippen molar-refractivity contribution in [3.63, 3.8) is 0 Å². The van der Waals surface area contributed by atoms with Gasteiger partial charge in [0.25, 0.3) is 0 Å². The molecule has 10 heteroatoms. The van der Waals surface area contributed by atoms with Crippen LogP contribution in [-0.2, 0) is 11.2 Å². The number of carbonyl (C=O) groups excluding carboxylic acids is 1. The molecule has 7 rings (SSSR count). The fraction of sp³-hybridized carbons (Fsp3) is 0.486. The number of carbonyl (C=O) groups is 1. The lowest BCUT2D eigenvalue weighted by atomic mass is 9.72. The van der Waals surface area contributed by atoms with Gasteiger partial charge in [-0.25, -0.2) is 4.39 Å². The third kappa shape index (κ3) is 5.22. The summed E-state index contributed by atoms with van der Waals surface area (Å²) in [5, 5.41) is 8.90. The third-order valence-electron chi connectivity index (χ3n) is 10.4. The van der Waals surface area contributed by atoms with Gasteiger partial charge in [0.15, 0.2) is 5.82 Å². The number of fused-ring (bicyclic) bond motifs is 2. The predicted molar refractivity (Wildman–Crippen MR) is 175 cm³/mol. The number of benzene rings is 2. The molecule has 0 bridgehead atoms. The molecule has 4 aromatic rings. The fourth-order valence-electron chi connectivity index (χ4n) is 7.59. The number of likely N-dealkylation sites (tertiary alicyclic amines) is 2. The first kappa shape index (κ1) is 29.6. The highest BCUT2D eigenvalue weighted by atomic mass is 19.1. The maximum Gasteiger partial charge on any atom is 0.319 e. The van der Waals surface area contributed by atoms with Gasteiger partial charge in [-0.2, -0.15) is 15.1 Å². The van der Waals surface area contributed by atoms with Gasteiger partial charge in [0.1, 0.15) is 17.4 Å². The maximum absolute atomic E-state index is 17.1. The summed E-state index contributed by atoms with van der Waals surface area (Å²) in [7, 11) is 0. The van der Waals surface area contributed by atoms with Gasteiger partial charge in [0.2, 0.25) is 5.91 Å². The molecule has 2 aromatic heterocycles. The molecule has 0 saturated carbocycles. The van der Waals surface area contributed by atoms with E-state index in [1.54, 1.807) is 6.20 Å². The van der Waals surface area contributed by atoms with E-state index in [0.29, 0.717) is 22.9 Å². The van der Waals surface area contributed by atoms with Crippen LogP contribution in [0.1, 0.15) is 50.7 Å². The second-order valence-electron chi connectivity index (χ2n) is 13.0. The van der Waals surface area contributed by atoms with E-state index in [-0.39, 0.29) is 29.3 Å². The number of hydrogen-bond acceptors (Lipinski definition) is 7. The van der Waals surface area contributed by atoms with Crippen LogP contribution in [0.15, 0.2) is 37.1 Å². The van der Waals surface area contributed by atoms with E-state index >= 15 is 4.39 Å². The second kappa shape index (κ2) is 11.7. The van der Waals surface area contributed by atoms with E-state index in [9.17, 15) is 4.79 Å². The number of aromatic amines is 1. The lowest BCUT2D eigenvalue weighted by Gasteiger charge is -2.54. The van der Waals surface area contributed by atoms with Gasteiger partial charge in [0, 0.05) is 61.0 Å². The van der Waals surface area contributed by atoms with Gasteiger partial charge in [0.05, 0.1) is 11.7 Å². The van der Waals surface area contributed by atoms with Gasteiger partial charge >= 0.3 is 6.01 Å². The minimum atomic E-state index is -0.346. The molecule has 236 valence electrons. The first-order chi connectivity index (χ1) is 21.8. The summed E-state index contributed by atoms with van der Waals surface area (Å²) in [5.41, 5.74) is 4.59. The number of ether oxygens (including phenoxy) is 1. The molecule has 3 fully saturated rings. The molecule has 0 radical (unpaired) electrons. The molecule has 0 atom stereocenters. The second-order valence-corrected chi connectivity index (χ2v) is 13.0. The maximum atomic E-state index is 17.1. The number of H-pyrrole nitrogens is 1. The van der Waals surface area contributed by atoms with Gasteiger partial charge in [-0.15, -0.1) is 0 Å². The van der Waals surface area contributed by atoms with Crippen molar-refractivity contribution in [1.29, 1.82) is 0 Å². The summed E-state index contributed by atoms with van der Waals surface area (Å²) in [5.74, 6) is 0.380. The zero-order chi connectivity index (χ0) is 31.3. The number of aromatic nitrogens is 4. The molecule has 3 aliphatic rings. The third-order valence-corrected chi connectivity index (χ3v) is 10.4. The topological polar surface area (TPSA) is 90.5 Å². The van der Waals surface area contributed by atoms with E-state index in [4.69, 9.17) is 14.7 Å². The van der Waals surface area contributed by atoms with Crippen molar-refractivity contribution >= 4 is 33.5 Å². The Morgan fingerprint density at radius 3 is 2.56 bits per heavy atom. The molecule has 9 nitrogen and oxygen atoms in total. The van der Waals surface area contributed by atoms with Crippen LogP contribution in [0.2, 0.25) is 0 Å². The van der Waals surface area contributed by atoms with E-state index < -0.39 is 0 Å². The zero-order valence-corrected chi connectivity index (χ0v) is 26.5. The first-order valence-electron chi connectivity index (χ1n) is 16.3. The summed E-state index contributed by atoms with van der Waals surface area (Å²) < 4.78 is 23.6. The van der Waals surface area contributed by atoms with Crippen molar-refractivity contribution in [2.45, 2.75) is 59.0 Å². The molecule has 3 aliphatic heterocycles. The molecule has 5 heterocycles. The number of piperidine rings is 2. The summed E-state index contributed by atoms with van der Waals surface area (Å²) in [6.45, 7) is 15.9. The van der Waals surface area contributed by atoms with Crippen molar-refractivity contribution in [2.24, 2.45) is 5.41 Å². The normalized spacial score (nSPS) is 18.9. The standard InChI is InChI=1S/C35H42FN7O2/c1-5-23-18-25-32(31(36)30(23)29-22(4)8-9-27-26(29)19-37-40-27)38-34(45-24-10-14-41(7-3)15-11-24)39-33(25)42-16-12-35(13-17-42)20-43(21-35)28(44)6-2/h6,8-9,18-19,24H,2,5,7,10-17,20-21H2,1,3-4H3,(H,37,40). The summed E-state index contributed by atoms with van der Waals surface area (Å²) in [4.78, 5) is 28.5.